The first-order chi connectivity index (χ1) is 10.1. The van der Waals surface area contributed by atoms with E-state index in [2.05, 4.69) is 4.98 Å². The number of nitrogens with zero attached hydrogens (tertiary/aromatic N) is 1. The molecule has 0 spiro atoms. The standard InChI is InChI=1S/C14H10N2O4S/c17-12-11-10(5-6-21-11)15-14(20)16(12)7-8-1-3-9(4-2-8)13(18)19/h1-6H,7H2,(H,15,20)(H,18,19)/p-1. The Balaban J connectivity index is 2.03. The normalized spacial score (nSPS) is 10.9. The zero-order valence-electron chi connectivity index (χ0n) is 10.7. The third-order valence-corrected chi connectivity index (χ3v) is 4.02. The van der Waals surface area contributed by atoms with Gasteiger partial charge in [0.1, 0.15) is 4.70 Å². The largest absolute Gasteiger partial charge is 0.545 e. The van der Waals surface area contributed by atoms with Crippen LogP contribution in [0.25, 0.3) is 10.2 Å². The Hall–Kier alpha value is -2.67. The Kier molecular flexibility index (Phi) is 3.19. The molecule has 106 valence electrons. The minimum Gasteiger partial charge on any atom is -0.545 e. The van der Waals surface area contributed by atoms with E-state index in [0.717, 1.165) is 4.57 Å². The number of hydrogen-bond acceptors (Lipinski definition) is 5. The number of benzene rings is 1. The highest BCUT2D eigenvalue weighted by molar-refractivity contribution is 7.17. The Morgan fingerprint density at radius 3 is 2.57 bits per heavy atom. The molecule has 21 heavy (non-hydrogen) atoms. The van der Waals surface area contributed by atoms with Crippen molar-refractivity contribution >= 4 is 27.5 Å². The zero-order valence-corrected chi connectivity index (χ0v) is 11.5. The molecule has 3 rings (SSSR count). The molecule has 1 N–H and O–H groups in total. The fourth-order valence-corrected chi connectivity index (χ4v) is 2.84. The van der Waals surface area contributed by atoms with Crippen molar-refractivity contribution in [3.63, 3.8) is 0 Å². The zero-order chi connectivity index (χ0) is 15.0. The number of aromatic amines is 1. The monoisotopic (exact) mass is 301 g/mol. The number of thiophene rings is 1. The van der Waals surface area contributed by atoms with E-state index in [-0.39, 0.29) is 17.7 Å². The molecule has 6 nitrogen and oxygen atoms in total. The average Bonchev–Trinajstić information content (AvgIpc) is 2.92. The van der Waals surface area contributed by atoms with E-state index in [4.69, 9.17) is 0 Å². The summed E-state index contributed by atoms with van der Waals surface area (Å²) >= 11 is 1.26. The van der Waals surface area contributed by atoms with Crippen LogP contribution in [0.1, 0.15) is 15.9 Å². The van der Waals surface area contributed by atoms with E-state index in [1.807, 2.05) is 0 Å². The highest BCUT2D eigenvalue weighted by Gasteiger charge is 2.09. The predicted octanol–water partition coefficient (Wildman–Crippen LogP) is 0.163. The van der Waals surface area contributed by atoms with Crippen molar-refractivity contribution in [1.82, 2.24) is 9.55 Å². The number of carbonyl (C=O) groups is 1. The van der Waals surface area contributed by atoms with Crippen LogP contribution in [0.5, 0.6) is 0 Å². The summed E-state index contributed by atoms with van der Waals surface area (Å²) in [5.74, 6) is -1.27. The van der Waals surface area contributed by atoms with Gasteiger partial charge in [-0.2, -0.15) is 0 Å². The van der Waals surface area contributed by atoms with Gasteiger partial charge in [-0.25, -0.2) is 4.79 Å². The number of aromatic carboxylic acids is 1. The Labute approximate surface area is 121 Å². The highest BCUT2D eigenvalue weighted by atomic mass is 32.1. The fourth-order valence-electron chi connectivity index (χ4n) is 2.04. The van der Waals surface area contributed by atoms with Crippen molar-refractivity contribution in [2.24, 2.45) is 0 Å². The molecular weight excluding hydrogens is 292 g/mol. The van der Waals surface area contributed by atoms with E-state index >= 15 is 0 Å². The number of fused-ring (bicyclic) bond motifs is 1. The van der Waals surface area contributed by atoms with Gasteiger partial charge in [0, 0.05) is 0 Å². The maximum atomic E-state index is 12.2. The number of aromatic nitrogens is 2. The van der Waals surface area contributed by atoms with Crippen LogP contribution in [0, 0.1) is 0 Å². The lowest BCUT2D eigenvalue weighted by molar-refractivity contribution is -0.255. The number of nitrogens with one attached hydrogen (secondary N) is 1. The van der Waals surface area contributed by atoms with Crippen molar-refractivity contribution in [2.75, 3.05) is 0 Å². The molecule has 2 aromatic heterocycles. The molecule has 2 heterocycles. The second-order valence-electron chi connectivity index (χ2n) is 4.47. The first-order valence-corrected chi connectivity index (χ1v) is 6.95. The van der Waals surface area contributed by atoms with E-state index < -0.39 is 11.7 Å². The van der Waals surface area contributed by atoms with Crippen molar-refractivity contribution in [3.05, 3.63) is 67.7 Å². The number of hydrogen-bond donors (Lipinski definition) is 1. The van der Waals surface area contributed by atoms with E-state index in [1.165, 1.54) is 23.5 Å². The first kappa shape index (κ1) is 13.3. The van der Waals surface area contributed by atoms with E-state index in [9.17, 15) is 19.5 Å². The second-order valence-corrected chi connectivity index (χ2v) is 5.39. The molecule has 3 aromatic rings. The number of carboxylic acid groups (broad SMARTS) is 1. The molecular formula is C14H9N2O4S-. The van der Waals surface area contributed by atoms with Crippen LogP contribution in [0.4, 0.5) is 0 Å². The molecule has 0 amide bonds. The van der Waals surface area contributed by atoms with Gasteiger partial charge in [-0.1, -0.05) is 24.3 Å². The first-order valence-electron chi connectivity index (χ1n) is 6.07. The van der Waals surface area contributed by atoms with E-state index in [0.29, 0.717) is 15.8 Å². The maximum Gasteiger partial charge on any atom is 0.329 e. The molecule has 0 aliphatic carbocycles. The van der Waals surface area contributed by atoms with Crippen molar-refractivity contribution < 1.29 is 9.90 Å². The molecule has 0 saturated carbocycles. The summed E-state index contributed by atoms with van der Waals surface area (Å²) in [7, 11) is 0. The van der Waals surface area contributed by atoms with Crippen LogP contribution < -0.4 is 16.4 Å². The lowest BCUT2D eigenvalue weighted by atomic mass is 10.1. The lowest BCUT2D eigenvalue weighted by Crippen LogP contribution is -2.34. The van der Waals surface area contributed by atoms with Gasteiger partial charge in [0.05, 0.1) is 18.0 Å². The van der Waals surface area contributed by atoms with Gasteiger partial charge >= 0.3 is 5.69 Å². The fraction of sp³-hybridized carbons (Fsp3) is 0.0714. The number of carboxylic acids is 1. The number of rotatable bonds is 3. The molecule has 7 heteroatoms. The van der Waals surface area contributed by atoms with Crippen LogP contribution >= 0.6 is 11.3 Å². The van der Waals surface area contributed by atoms with Gasteiger partial charge in [0.15, 0.2) is 0 Å². The summed E-state index contributed by atoms with van der Waals surface area (Å²) in [6.07, 6.45) is 0. The molecule has 1 aromatic carbocycles. The van der Waals surface area contributed by atoms with Crippen molar-refractivity contribution in [1.29, 1.82) is 0 Å². The van der Waals surface area contributed by atoms with Crippen LogP contribution in [0.3, 0.4) is 0 Å². The third-order valence-electron chi connectivity index (χ3n) is 3.12. The van der Waals surface area contributed by atoms with Crippen LogP contribution in [0.2, 0.25) is 0 Å². The van der Waals surface area contributed by atoms with Gasteiger partial charge in [0.2, 0.25) is 0 Å². The molecule has 0 bridgehead atoms. The van der Waals surface area contributed by atoms with Gasteiger partial charge in [0.25, 0.3) is 5.56 Å². The molecule has 0 radical (unpaired) electrons. The summed E-state index contributed by atoms with van der Waals surface area (Å²) < 4.78 is 1.58. The van der Waals surface area contributed by atoms with Crippen LogP contribution in [-0.4, -0.2) is 15.5 Å². The van der Waals surface area contributed by atoms with Crippen LogP contribution in [0.15, 0.2) is 45.3 Å². The summed E-state index contributed by atoms with van der Waals surface area (Å²) in [6, 6.07) is 7.55. The Morgan fingerprint density at radius 2 is 1.90 bits per heavy atom. The quantitative estimate of drug-likeness (QED) is 0.745. The van der Waals surface area contributed by atoms with Gasteiger partial charge in [-0.05, 0) is 22.6 Å². The molecule has 0 aliphatic rings. The molecule has 0 fully saturated rings. The summed E-state index contributed by atoms with van der Waals surface area (Å²) in [4.78, 5) is 37.5. The minimum atomic E-state index is -1.27. The third kappa shape index (κ3) is 2.38. The predicted molar refractivity (Wildman–Crippen MR) is 76.6 cm³/mol. The molecule has 0 saturated heterocycles. The second kappa shape index (κ2) is 5.02. The molecule has 0 unspecified atom stereocenters. The minimum absolute atomic E-state index is 0.0497. The maximum absolute atomic E-state index is 12.2. The Bertz CT molecular complexity index is 934. The number of H-pyrrole nitrogens is 1. The Morgan fingerprint density at radius 1 is 1.19 bits per heavy atom. The van der Waals surface area contributed by atoms with Gasteiger partial charge < -0.3 is 14.9 Å². The van der Waals surface area contributed by atoms with Gasteiger partial charge in [-0.3, -0.25) is 9.36 Å². The van der Waals surface area contributed by atoms with Gasteiger partial charge in [-0.15, -0.1) is 11.3 Å². The topological polar surface area (TPSA) is 95.0 Å². The summed E-state index contributed by atoms with van der Waals surface area (Å²) in [5, 5.41) is 12.4. The molecule has 0 atom stereocenters. The average molecular weight is 301 g/mol. The van der Waals surface area contributed by atoms with Crippen LogP contribution in [-0.2, 0) is 6.54 Å². The number of carbonyl (C=O) groups excluding carboxylic acids is 1. The smallest absolute Gasteiger partial charge is 0.329 e. The molecule has 0 aliphatic heterocycles. The SMILES string of the molecule is O=C([O-])c1ccc(Cn2c(=O)[nH]c3ccsc3c2=O)cc1. The van der Waals surface area contributed by atoms with E-state index in [1.54, 1.807) is 23.6 Å². The van der Waals surface area contributed by atoms with Crippen molar-refractivity contribution in [3.8, 4) is 0 Å². The highest BCUT2D eigenvalue weighted by Crippen LogP contribution is 2.12. The summed E-state index contributed by atoms with van der Waals surface area (Å²) in [5.41, 5.74) is 0.387. The van der Waals surface area contributed by atoms with Crippen molar-refractivity contribution in [2.45, 2.75) is 6.54 Å². The summed E-state index contributed by atoms with van der Waals surface area (Å²) in [6.45, 7) is 0.0787. The lowest BCUT2D eigenvalue weighted by Gasteiger charge is -2.07.